The molecule has 2 aromatic rings. The number of nitrogens with zero attached hydrogens (tertiary/aromatic N) is 3. The molecular weight excluding hydrogens is 400 g/mol. The number of pyridine rings is 1. The van der Waals surface area contributed by atoms with Crippen LogP contribution >= 0.6 is 11.8 Å². The number of amidine groups is 1. The number of nitrogens with one attached hydrogen (secondary N) is 1. The minimum atomic E-state index is -3.25. The Morgan fingerprint density at radius 3 is 2.90 bits per heavy atom. The lowest BCUT2D eigenvalue weighted by Gasteiger charge is -2.45. The number of aliphatic imine (C=N–C) groups is 1. The number of amides is 1. The SMILES string of the molecule is N#Cc1ccc(C(=O)Nc2ccc3c(c2)[C@@]2(CCS3)OC(N)=NCC2(F)F)nc1. The summed E-state index contributed by atoms with van der Waals surface area (Å²) < 4.78 is 35.3. The van der Waals surface area contributed by atoms with E-state index in [0.29, 0.717) is 21.9 Å². The number of aromatic nitrogens is 1. The fourth-order valence-electron chi connectivity index (χ4n) is 3.35. The molecule has 0 aliphatic carbocycles. The highest BCUT2D eigenvalue weighted by Crippen LogP contribution is 2.53. The fraction of sp³-hybridized carbons (Fsp3) is 0.263. The van der Waals surface area contributed by atoms with E-state index in [4.69, 9.17) is 15.7 Å². The molecule has 3 N–H and O–H groups in total. The summed E-state index contributed by atoms with van der Waals surface area (Å²) in [7, 11) is 0. The summed E-state index contributed by atoms with van der Waals surface area (Å²) in [5.74, 6) is -3.33. The molecule has 148 valence electrons. The van der Waals surface area contributed by atoms with E-state index in [-0.39, 0.29) is 23.7 Å². The van der Waals surface area contributed by atoms with Crippen molar-refractivity contribution in [3.05, 3.63) is 53.3 Å². The smallest absolute Gasteiger partial charge is 0.310 e. The first kappa shape index (κ1) is 19.1. The molecule has 1 amide bonds. The molecule has 29 heavy (non-hydrogen) atoms. The van der Waals surface area contributed by atoms with Crippen LogP contribution in [0.4, 0.5) is 14.5 Å². The van der Waals surface area contributed by atoms with Gasteiger partial charge in [0.05, 0.1) is 5.56 Å². The summed E-state index contributed by atoms with van der Waals surface area (Å²) in [4.78, 5) is 20.6. The van der Waals surface area contributed by atoms with Crippen LogP contribution in [-0.4, -0.2) is 35.1 Å². The highest BCUT2D eigenvalue weighted by Gasteiger charge is 2.61. The topological polar surface area (TPSA) is 113 Å². The van der Waals surface area contributed by atoms with Crippen LogP contribution in [0.15, 0.2) is 46.4 Å². The summed E-state index contributed by atoms with van der Waals surface area (Å²) in [5, 5.41) is 11.5. The van der Waals surface area contributed by atoms with Gasteiger partial charge in [-0.25, -0.2) is 9.98 Å². The molecule has 1 spiro atoms. The van der Waals surface area contributed by atoms with E-state index < -0.39 is 24.0 Å². The molecule has 1 atom stereocenters. The lowest BCUT2D eigenvalue weighted by molar-refractivity contribution is -0.185. The lowest BCUT2D eigenvalue weighted by Crippen LogP contribution is -2.56. The van der Waals surface area contributed by atoms with Crippen molar-refractivity contribution < 1.29 is 18.3 Å². The van der Waals surface area contributed by atoms with Crippen molar-refractivity contribution in [2.24, 2.45) is 10.7 Å². The number of benzene rings is 1. The summed E-state index contributed by atoms with van der Waals surface area (Å²) in [6.07, 6.45) is 1.34. The predicted molar refractivity (Wildman–Crippen MR) is 103 cm³/mol. The van der Waals surface area contributed by atoms with Crippen molar-refractivity contribution in [3.63, 3.8) is 0 Å². The first-order valence-electron chi connectivity index (χ1n) is 8.66. The van der Waals surface area contributed by atoms with Crippen LogP contribution in [0.3, 0.4) is 0 Å². The standard InChI is InChI=1S/C19H15F2N5O2S/c20-19(21)10-25-17(23)28-18(19)5-6-29-15-4-2-12(7-13(15)18)26-16(27)14-3-1-11(8-22)9-24-14/h1-4,7,9H,5-6,10H2,(H2,23,25)(H,26,27)/t18-/m1/s1. The normalized spacial score (nSPS) is 22.0. The summed E-state index contributed by atoms with van der Waals surface area (Å²) >= 11 is 1.44. The van der Waals surface area contributed by atoms with E-state index in [9.17, 15) is 13.6 Å². The number of thioether (sulfide) groups is 1. The van der Waals surface area contributed by atoms with Crippen molar-refractivity contribution >= 4 is 29.4 Å². The molecular formula is C19H15F2N5O2S. The molecule has 2 aliphatic rings. The Labute approximate surface area is 169 Å². The third-order valence-corrected chi connectivity index (χ3v) is 5.89. The zero-order valence-electron chi connectivity index (χ0n) is 15.0. The molecule has 2 aliphatic heterocycles. The number of alkyl halides is 2. The average Bonchev–Trinajstić information content (AvgIpc) is 2.72. The van der Waals surface area contributed by atoms with Crippen LogP contribution in [0.1, 0.15) is 28.0 Å². The van der Waals surface area contributed by atoms with Crippen molar-refractivity contribution in [2.45, 2.75) is 22.8 Å². The van der Waals surface area contributed by atoms with Crippen LogP contribution in [0.2, 0.25) is 0 Å². The molecule has 0 radical (unpaired) electrons. The minimum absolute atomic E-state index is 0.0580. The molecule has 0 fully saturated rings. The molecule has 4 rings (SSSR count). The van der Waals surface area contributed by atoms with Gasteiger partial charge in [0.2, 0.25) is 5.60 Å². The molecule has 1 aromatic carbocycles. The Bertz CT molecular complexity index is 1050. The number of nitriles is 1. The zero-order valence-corrected chi connectivity index (χ0v) is 15.8. The maximum atomic E-state index is 14.9. The van der Waals surface area contributed by atoms with Gasteiger partial charge in [-0.05, 0) is 30.3 Å². The zero-order chi connectivity index (χ0) is 20.6. The second kappa shape index (κ2) is 7.00. The van der Waals surface area contributed by atoms with Gasteiger partial charge in [-0.1, -0.05) is 0 Å². The number of halogens is 2. The second-order valence-electron chi connectivity index (χ2n) is 6.60. The van der Waals surface area contributed by atoms with Gasteiger partial charge in [-0.2, -0.15) is 14.0 Å². The van der Waals surface area contributed by atoms with Crippen molar-refractivity contribution in [2.75, 3.05) is 17.6 Å². The molecule has 0 saturated carbocycles. The van der Waals surface area contributed by atoms with Gasteiger partial charge in [0, 0.05) is 34.5 Å². The van der Waals surface area contributed by atoms with Gasteiger partial charge in [0.25, 0.3) is 11.9 Å². The van der Waals surface area contributed by atoms with E-state index in [2.05, 4.69) is 15.3 Å². The number of anilines is 1. The Balaban J connectivity index is 1.68. The van der Waals surface area contributed by atoms with Crippen LogP contribution < -0.4 is 11.1 Å². The number of carbonyl (C=O) groups excluding carboxylic acids is 1. The number of fused-ring (bicyclic) bond motifs is 2. The average molecular weight is 415 g/mol. The lowest BCUT2D eigenvalue weighted by atomic mass is 9.83. The minimum Gasteiger partial charge on any atom is -0.447 e. The van der Waals surface area contributed by atoms with Gasteiger partial charge in [-0.3, -0.25) is 4.79 Å². The number of carbonyl (C=O) groups is 1. The van der Waals surface area contributed by atoms with Crippen molar-refractivity contribution in [1.82, 2.24) is 4.98 Å². The fourth-order valence-corrected chi connectivity index (χ4v) is 4.51. The Hall–Kier alpha value is -3.19. The molecule has 7 nitrogen and oxygen atoms in total. The number of nitrogens with two attached hydrogens (primary N) is 1. The third kappa shape index (κ3) is 3.27. The maximum absolute atomic E-state index is 14.9. The van der Waals surface area contributed by atoms with Crippen LogP contribution in [0, 0.1) is 11.3 Å². The molecule has 1 aromatic heterocycles. The van der Waals surface area contributed by atoms with E-state index in [1.807, 2.05) is 6.07 Å². The molecule has 10 heteroatoms. The highest BCUT2D eigenvalue weighted by atomic mass is 32.2. The van der Waals surface area contributed by atoms with Gasteiger partial charge >= 0.3 is 5.92 Å². The highest BCUT2D eigenvalue weighted by molar-refractivity contribution is 7.99. The molecule has 0 saturated heterocycles. The van der Waals surface area contributed by atoms with Crippen molar-refractivity contribution in [3.8, 4) is 6.07 Å². The number of rotatable bonds is 2. The molecule has 3 heterocycles. The third-order valence-electron chi connectivity index (χ3n) is 4.81. The van der Waals surface area contributed by atoms with Crippen molar-refractivity contribution in [1.29, 1.82) is 5.26 Å². The van der Waals surface area contributed by atoms with Crippen LogP contribution in [0.25, 0.3) is 0 Å². The molecule has 0 unspecified atom stereocenters. The summed E-state index contributed by atoms with van der Waals surface area (Å²) in [6.45, 7) is -0.755. The van der Waals surface area contributed by atoms with Gasteiger partial charge < -0.3 is 15.8 Å². The van der Waals surface area contributed by atoms with E-state index in [1.165, 1.54) is 36.2 Å². The Morgan fingerprint density at radius 2 is 2.17 bits per heavy atom. The van der Waals surface area contributed by atoms with Crippen LogP contribution in [0.5, 0.6) is 0 Å². The molecule has 0 bridgehead atoms. The van der Waals surface area contributed by atoms with Gasteiger partial charge in [-0.15, -0.1) is 11.8 Å². The predicted octanol–water partition coefficient (Wildman–Crippen LogP) is 2.88. The number of hydrogen-bond acceptors (Lipinski definition) is 7. The quantitative estimate of drug-likeness (QED) is 0.780. The second-order valence-corrected chi connectivity index (χ2v) is 7.73. The maximum Gasteiger partial charge on any atom is 0.310 e. The van der Waals surface area contributed by atoms with Gasteiger partial charge in [0.1, 0.15) is 18.3 Å². The summed E-state index contributed by atoms with van der Waals surface area (Å²) in [6, 6.07) is 9.32. The van der Waals surface area contributed by atoms with E-state index in [0.717, 1.165) is 0 Å². The first-order chi connectivity index (χ1) is 13.8. The summed E-state index contributed by atoms with van der Waals surface area (Å²) in [5.41, 5.74) is 4.71. The van der Waals surface area contributed by atoms with E-state index >= 15 is 0 Å². The van der Waals surface area contributed by atoms with E-state index in [1.54, 1.807) is 12.1 Å². The van der Waals surface area contributed by atoms with Gasteiger partial charge in [0.15, 0.2) is 0 Å². The largest absolute Gasteiger partial charge is 0.447 e. The Kier molecular flexibility index (Phi) is 4.62. The number of ether oxygens (including phenoxy) is 1. The number of hydrogen-bond donors (Lipinski definition) is 2. The monoisotopic (exact) mass is 415 g/mol. The first-order valence-corrected chi connectivity index (χ1v) is 9.65. The van der Waals surface area contributed by atoms with Crippen LogP contribution in [-0.2, 0) is 10.3 Å². The Morgan fingerprint density at radius 1 is 1.34 bits per heavy atom.